The summed E-state index contributed by atoms with van der Waals surface area (Å²) in [5.41, 5.74) is -0.866. The second kappa shape index (κ2) is 10.1. The van der Waals surface area contributed by atoms with Crippen LogP contribution in [0.15, 0.2) is 35.5 Å². The maximum atomic E-state index is 13.9. The van der Waals surface area contributed by atoms with Gasteiger partial charge in [0.25, 0.3) is 0 Å². The summed E-state index contributed by atoms with van der Waals surface area (Å²) in [5.74, 6) is -1.97. The zero-order valence-corrected chi connectivity index (χ0v) is 19.2. The van der Waals surface area contributed by atoms with Gasteiger partial charge in [0.15, 0.2) is 5.69 Å². The van der Waals surface area contributed by atoms with Gasteiger partial charge < -0.3 is 20.1 Å². The summed E-state index contributed by atoms with van der Waals surface area (Å²) in [6.45, 7) is -0.566. The summed E-state index contributed by atoms with van der Waals surface area (Å²) in [7, 11) is 0. The van der Waals surface area contributed by atoms with Crippen LogP contribution in [0.25, 0.3) is 11.3 Å². The predicted octanol–water partition coefficient (Wildman–Crippen LogP) is 2.57. The van der Waals surface area contributed by atoms with Crippen LogP contribution in [0.2, 0.25) is 10.0 Å². The van der Waals surface area contributed by atoms with Crippen LogP contribution < -0.4 is 0 Å². The molecule has 1 saturated heterocycles. The quantitative estimate of drug-likeness (QED) is 0.425. The van der Waals surface area contributed by atoms with Gasteiger partial charge in [-0.2, -0.15) is 5.26 Å². The monoisotopic (exact) mass is 529 g/mol. The molecule has 34 heavy (non-hydrogen) atoms. The average Bonchev–Trinajstić information content (AvgIpc) is 3.29. The SMILES string of the molecule is N#Cc1ncc(S[C@H]2O[C@H](CO)[C@H](O)[C@H](n3cc(-c4cc(F)c(Cl)c(F)c4)nn3)[C@H]2O)cc1Cl. The van der Waals surface area contributed by atoms with Crippen molar-refractivity contribution < 1.29 is 28.8 Å². The first-order chi connectivity index (χ1) is 16.2. The lowest BCUT2D eigenvalue weighted by Gasteiger charge is -2.41. The van der Waals surface area contributed by atoms with Crippen LogP contribution in [0, 0.1) is 23.0 Å². The van der Waals surface area contributed by atoms with Crippen LogP contribution in [0.4, 0.5) is 8.78 Å². The number of thioether (sulfide) groups is 1. The Hall–Kier alpha value is -2.37. The molecular formula is C20H15Cl2F2N5O4S. The number of hydrogen-bond acceptors (Lipinski definition) is 9. The average molecular weight is 530 g/mol. The van der Waals surface area contributed by atoms with E-state index in [1.165, 1.54) is 18.5 Å². The smallest absolute Gasteiger partial charge is 0.159 e. The van der Waals surface area contributed by atoms with E-state index in [2.05, 4.69) is 15.3 Å². The fourth-order valence-electron chi connectivity index (χ4n) is 3.44. The molecule has 0 unspecified atom stereocenters. The minimum atomic E-state index is -1.40. The molecule has 4 rings (SSSR count). The molecule has 0 bridgehead atoms. The summed E-state index contributed by atoms with van der Waals surface area (Å²) >= 11 is 12.5. The highest BCUT2D eigenvalue weighted by Gasteiger charge is 2.46. The fraction of sp³-hybridized carbons (Fsp3) is 0.300. The van der Waals surface area contributed by atoms with Gasteiger partial charge in [-0.3, -0.25) is 0 Å². The van der Waals surface area contributed by atoms with Crippen LogP contribution in [-0.2, 0) is 4.74 Å². The molecule has 3 aromatic rings. The van der Waals surface area contributed by atoms with E-state index in [0.717, 1.165) is 28.6 Å². The van der Waals surface area contributed by atoms with E-state index in [4.69, 9.17) is 33.2 Å². The van der Waals surface area contributed by atoms with E-state index in [0.29, 0.717) is 4.90 Å². The first-order valence-electron chi connectivity index (χ1n) is 9.65. The van der Waals surface area contributed by atoms with Crippen LogP contribution in [0.3, 0.4) is 0 Å². The molecule has 178 valence electrons. The third-order valence-corrected chi connectivity index (χ3v) is 6.88. The van der Waals surface area contributed by atoms with E-state index in [-0.39, 0.29) is 22.0 Å². The normalized spacial score (nSPS) is 24.7. The summed E-state index contributed by atoms with van der Waals surface area (Å²) in [6, 6.07) is 4.14. The molecule has 1 aromatic carbocycles. The molecule has 0 aliphatic carbocycles. The Balaban J connectivity index is 1.63. The third kappa shape index (κ3) is 4.73. The maximum absolute atomic E-state index is 13.9. The van der Waals surface area contributed by atoms with Gasteiger partial charge in [-0.15, -0.1) is 5.10 Å². The molecule has 0 spiro atoms. The number of nitrogens with zero attached hydrogens (tertiary/aromatic N) is 5. The standard InChI is InChI=1S/C20H15Cl2F2N5O4S/c21-10-3-9(5-26-13(10)4-25)34-20-19(32)17(18(31)15(7-30)33-20)29-6-14(27-28-29)8-1-11(23)16(22)12(24)2-8/h1-3,5-6,15,17-20,30-32H,7H2/t15-,17+,18+,19-,20-/m1/s1. The number of ether oxygens (including phenoxy) is 1. The molecule has 14 heteroatoms. The highest BCUT2D eigenvalue weighted by atomic mass is 35.5. The Bertz CT molecular complexity index is 1240. The maximum Gasteiger partial charge on any atom is 0.159 e. The van der Waals surface area contributed by atoms with Crippen LogP contribution in [-0.4, -0.2) is 65.7 Å². The van der Waals surface area contributed by atoms with Crippen LogP contribution >= 0.6 is 35.0 Å². The zero-order chi connectivity index (χ0) is 24.6. The van der Waals surface area contributed by atoms with E-state index >= 15 is 0 Å². The Morgan fingerprint density at radius 3 is 2.50 bits per heavy atom. The Morgan fingerprint density at radius 2 is 1.88 bits per heavy atom. The number of aliphatic hydroxyl groups is 3. The molecular weight excluding hydrogens is 515 g/mol. The third-order valence-electron chi connectivity index (χ3n) is 5.12. The lowest BCUT2D eigenvalue weighted by molar-refractivity contribution is -0.178. The Labute approximate surface area is 205 Å². The van der Waals surface area contributed by atoms with E-state index < -0.39 is 53.1 Å². The van der Waals surface area contributed by atoms with Crippen LogP contribution in [0.5, 0.6) is 0 Å². The number of aromatic nitrogens is 4. The van der Waals surface area contributed by atoms with E-state index in [1.54, 1.807) is 0 Å². The second-order valence-corrected chi connectivity index (χ2v) is 9.22. The zero-order valence-electron chi connectivity index (χ0n) is 16.9. The van der Waals surface area contributed by atoms with E-state index in [9.17, 15) is 24.1 Å². The van der Waals surface area contributed by atoms with E-state index in [1.807, 2.05) is 6.07 Å². The van der Waals surface area contributed by atoms with Gasteiger partial charge in [0.2, 0.25) is 0 Å². The topological polar surface area (TPSA) is 137 Å². The largest absolute Gasteiger partial charge is 0.394 e. The van der Waals surface area contributed by atoms with Gasteiger partial charge in [0, 0.05) is 16.7 Å². The molecule has 0 radical (unpaired) electrons. The van der Waals surface area contributed by atoms with Gasteiger partial charge in [-0.25, -0.2) is 18.4 Å². The fourth-order valence-corrected chi connectivity index (χ4v) is 4.89. The van der Waals surface area contributed by atoms with Crippen molar-refractivity contribution in [3.8, 4) is 17.3 Å². The molecule has 0 saturated carbocycles. The first kappa shape index (κ1) is 24.7. The molecule has 3 N–H and O–H groups in total. The molecule has 1 aliphatic heterocycles. The molecule has 0 amide bonds. The summed E-state index contributed by atoms with van der Waals surface area (Å²) < 4.78 is 34.5. The van der Waals surface area contributed by atoms with Crippen molar-refractivity contribution >= 4 is 35.0 Å². The molecule has 1 aliphatic rings. The van der Waals surface area contributed by atoms with Crippen molar-refractivity contribution in [3.63, 3.8) is 0 Å². The van der Waals surface area contributed by atoms with Crippen molar-refractivity contribution in [2.75, 3.05) is 6.61 Å². The Kier molecular flexibility index (Phi) is 7.34. The number of nitriles is 1. The molecule has 5 atom stereocenters. The number of benzene rings is 1. The summed E-state index contributed by atoms with van der Waals surface area (Å²) in [4.78, 5) is 4.39. The van der Waals surface area contributed by atoms with Gasteiger partial charge in [-0.05, 0) is 18.2 Å². The Morgan fingerprint density at radius 1 is 1.18 bits per heavy atom. The second-order valence-electron chi connectivity index (χ2n) is 7.27. The first-order valence-corrected chi connectivity index (χ1v) is 11.3. The van der Waals surface area contributed by atoms with Crippen molar-refractivity contribution in [1.82, 2.24) is 20.0 Å². The molecule has 9 nitrogen and oxygen atoms in total. The van der Waals surface area contributed by atoms with Crippen molar-refractivity contribution in [2.45, 2.75) is 34.7 Å². The summed E-state index contributed by atoms with van der Waals surface area (Å²) in [6.07, 6.45) is -1.19. The summed E-state index contributed by atoms with van der Waals surface area (Å²) in [5, 5.41) is 47.6. The lowest BCUT2D eigenvalue weighted by atomic mass is 9.97. The minimum Gasteiger partial charge on any atom is -0.394 e. The van der Waals surface area contributed by atoms with Gasteiger partial charge >= 0.3 is 0 Å². The number of hydrogen-bond donors (Lipinski definition) is 3. The number of pyridine rings is 1. The minimum absolute atomic E-state index is 0.0304. The van der Waals surface area contributed by atoms with Gasteiger partial charge in [-0.1, -0.05) is 40.2 Å². The van der Waals surface area contributed by atoms with Crippen molar-refractivity contribution in [2.24, 2.45) is 0 Å². The lowest BCUT2D eigenvalue weighted by Crippen LogP contribution is -2.55. The number of halogens is 4. The predicted molar refractivity (Wildman–Crippen MR) is 117 cm³/mol. The highest BCUT2D eigenvalue weighted by molar-refractivity contribution is 7.99. The highest BCUT2D eigenvalue weighted by Crippen LogP contribution is 2.39. The number of aliphatic hydroxyl groups excluding tert-OH is 3. The van der Waals surface area contributed by atoms with Crippen molar-refractivity contribution in [3.05, 3.63) is 58.0 Å². The van der Waals surface area contributed by atoms with Crippen LogP contribution in [0.1, 0.15) is 11.7 Å². The molecule has 1 fully saturated rings. The van der Waals surface area contributed by atoms with Gasteiger partial charge in [0.05, 0.1) is 17.8 Å². The molecule has 2 aromatic heterocycles. The van der Waals surface area contributed by atoms with Crippen molar-refractivity contribution in [1.29, 1.82) is 5.26 Å². The molecule has 3 heterocycles. The van der Waals surface area contributed by atoms with Gasteiger partial charge in [0.1, 0.15) is 58.2 Å². The number of rotatable bonds is 5.